The van der Waals surface area contributed by atoms with Crippen LogP contribution in [0.3, 0.4) is 0 Å². The Morgan fingerprint density at radius 1 is 0.972 bits per heavy atom. The molecule has 2 unspecified atom stereocenters. The lowest BCUT2D eigenvalue weighted by Crippen LogP contribution is -2.53. The van der Waals surface area contributed by atoms with Crippen molar-refractivity contribution in [2.45, 2.75) is 57.8 Å². The molecule has 1 fully saturated rings. The highest BCUT2D eigenvalue weighted by molar-refractivity contribution is 5.81. The molecule has 1 N–H and O–H groups in total. The molecule has 3 aromatic carbocycles. The van der Waals surface area contributed by atoms with Crippen LogP contribution in [-0.2, 0) is 17.8 Å². The van der Waals surface area contributed by atoms with E-state index in [9.17, 15) is 14.3 Å². The number of hydrogen-bond donors (Lipinski definition) is 1. The number of benzene rings is 3. The minimum Gasteiger partial charge on any atom is -0.382 e. The molecule has 4 atom stereocenters. The highest BCUT2D eigenvalue weighted by Crippen LogP contribution is 2.28. The third-order valence-electron chi connectivity index (χ3n) is 7.49. The Labute approximate surface area is 214 Å². The van der Waals surface area contributed by atoms with Gasteiger partial charge in [-0.3, -0.25) is 9.69 Å². The van der Waals surface area contributed by atoms with Crippen LogP contribution in [-0.4, -0.2) is 46.0 Å². The SMILES string of the molecule is C[C@H](c1ccccc1)N(Cc1ccccc1)[C@H](C)C(O)C(=O)N1CCCC(Cc2ccc(F)cc2)C1. The van der Waals surface area contributed by atoms with Gasteiger partial charge in [-0.1, -0.05) is 72.8 Å². The van der Waals surface area contributed by atoms with Gasteiger partial charge in [0.25, 0.3) is 5.91 Å². The monoisotopic (exact) mass is 488 g/mol. The zero-order valence-corrected chi connectivity index (χ0v) is 21.3. The van der Waals surface area contributed by atoms with Crippen LogP contribution in [0.25, 0.3) is 0 Å². The van der Waals surface area contributed by atoms with Crippen LogP contribution < -0.4 is 0 Å². The minimum atomic E-state index is -1.12. The third kappa shape index (κ3) is 6.59. The molecule has 0 radical (unpaired) electrons. The van der Waals surface area contributed by atoms with Gasteiger partial charge >= 0.3 is 0 Å². The maximum Gasteiger partial charge on any atom is 0.253 e. The number of hydrogen-bond acceptors (Lipinski definition) is 3. The molecule has 1 amide bonds. The number of amides is 1. The van der Waals surface area contributed by atoms with E-state index in [0.29, 0.717) is 25.6 Å². The molecule has 0 bridgehead atoms. The second-order valence-electron chi connectivity index (χ2n) is 10.1. The standard InChI is InChI=1S/C31H37FN2O2/c1-23(28-13-7-4-8-14-28)34(22-26-10-5-3-6-11-26)24(2)30(35)31(36)33-19-9-12-27(21-33)20-25-15-17-29(32)18-16-25/h3-8,10-11,13-18,23-24,27,30,35H,9,12,19-22H2,1-2H3/t23-,24-,27?,30?/m1/s1. The summed E-state index contributed by atoms with van der Waals surface area (Å²) >= 11 is 0. The van der Waals surface area contributed by atoms with E-state index < -0.39 is 6.10 Å². The van der Waals surface area contributed by atoms with E-state index in [2.05, 4.69) is 36.1 Å². The molecule has 5 heteroatoms. The Kier molecular flexibility index (Phi) is 8.89. The molecule has 36 heavy (non-hydrogen) atoms. The summed E-state index contributed by atoms with van der Waals surface area (Å²) in [4.78, 5) is 17.5. The fraction of sp³-hybridized carbons (Fsp3) is 0.387. The summed E-state index contributed by atoms with van der Waals surface area (Å²) in [5.74, 6) is -0.134. The number of halogens is 1. The molecule has 4 rings (SSSR count). The molecule has 0 aliphatic carbocycles. The number of rotatable bonds is 9. The highest BCUT2D eigenvalue weighted by Gasteiger charge is 2.35. The van der Waals surface area contributed by atoms with Gasteiger partial charge in [-0.25, -0.2) is 4.39 Å². The Bertz CT molecular complexity index is 1090. The smallest absolute Gasteiger partial charge is 0.253 e. The second-order valence-corrected chi connectivity index (χ2v) is 10.1. The first-order chi connectivity index (χ1) is 17.4. The predicted molar refractivity (Wildman–Crippen MR) is 142 cm³/mol. The van der Waals surface area contributed by atoms with E-state index >= 15 is 0 Å². The second kappa shape index (κ2) is 12.3. The van der Waals surface area contributed by atoms with Crippen LogP contribution in [0, 0.1) is 11.7 Å². The summed E-state index contributed by atoms with van der Waals surface area (Å²) in [6, 6.07) is 26.7. The Balaban J connectivity index is 1.46. The number of carbonyl (C=O) groups excluding carboxylic acids is 1. The van der Waals surface area contributed by atoms with Crippen molar-refractivity contribution in [1.82, 2.24) is 9.80 Å². The number of aliphatic hydroxyl groups is 1. The van der Waals surface area contributed by atoms with Gasteiger partial charge in [-0.05, 0) is 67.9 Å². The number of piperidine rings is 1. The zero-order chi connectivity index (χ0) is 25.5. The van der Waals surface area contributed by atoms with E-state index in [1.807, 2.05) is 60.4 Å². The van der Waals surface area contributed by atoms with E-state index in [4.69, 9.17) is 0 Å². The van der Waals surface area contributed by atoms with Crippen LogP contribution in [0.1, 0.15) is 49.4 Å². The van der Waals surface area contributed by atoms with E-state index in [1.54, 1.807) is 0 Å². The largest absolute Gasteiger partial charge is 0.382 e. The van der Waals surface area contributed by atoms with Gasteiger partial charge < -0.3 is 10.0 Å². The quantitative estimate of drug-likeness (QED) is 0.425. The predicted octanol–water partition coefficient (Wildman–Crippen LogP) is 5.62. The van der Waals surface area contributed by atoms with E-state index in [-0.39, 0.29) is 23.8 Å². The first-order valence-corrected chi connectivity index (χ1v) is 13.0. The van der Waals surface area contributed by atoms with Crippen LogP contribution in [0.15, 0.2) is 84.9 Å². The summed E-state index contributed by atoms with van der Waals surface area (Å²) in [7, 11) is 0. The maximum absolute atomic E-state index is 13.5. The van der Waals surface area contributed by atoms with Gasteiger partial charge in [0.05, 0.1) is 0 Å². The molecular weight excluding hydrogens is 451 g/mol. The Morgan fingerprint density at radius 3 is 2.28 bits per heavy atom. The first-order valence-electron chi connectivity index (χ1n) is 13.0. The molecule has 0 saturated carbocycles. The average Bonchev–Trinajstić information content (AvgIpc) is 2.92. The molecule has 1 aliphatic rings. The number of likely N-dealkylation sites (tertiary alicyclic amines) is 1. The van der Waals surface area contributed by atoms with Crippen LogP contribution in [0.2, 0.25) is 0 Å². The normalized spacial score (nSPS) is 18.6. The first kappa shape index (κ1) is 26.1. The van der Waals surface area contributed by atoms with Crippen molar-refractivity contribution in [2.75, 3.05) is 13.1 Å². The van der Waals surface area contributed by atoms with Crippen molar-refractivity contribution in [2.24, 2.45) is 5.92 Å². The van der Waals surface area contributed by atoms with Crippen molar-refractivity contribution < 1.29 is 14.3 Å². The Morgan fingerprint density at radius 2 is 1.61 bits per heavy atom. The lowest BCUT2D eigenvalue weighted by molar-refractivity contribution is -0.146. The van der Waals surface area contributed by atoms with Crippen LogP contribution >= 0.6 is 0 Å². The fourth-order valence-electron chi connectivity index (χ4n) is 5.31. The number of carbonyl (C=O) groups is 1. The number of nitrogens with zero attached hydrogens (tertiary/aromatic N) is 2. The molecular formula is C31H37FN2O2. The molecule has 3 aromatic rings. The molecule has 1 saturated heterocycles. The topological polar surface area (TPSA) is 43.8 Å². The fourth-order valence-corrected chi connectivity index (χ4v) is 5.31. The van der Waals surface area contributed by atoms with Crippen LogP contribution in [0.4, 0.5) is 4.39 Å². The van der Waals surface area contributed by atoms with Crippen molar-refractivity contribution in [3.05, 3.63) is 107 Å². The van der Waals surface area contributed by atoms with Crippen molar-refractivity contribution >= 4 is 5.91 Å². The molecule has 1 heterocycles. The van der Waals surface area contributed by atoms with Crippen molar-refractivity contribution in [1.29, 1.82) is 0 Å². The summed E-state index contributed by atoms with van der Waals surface area (Å²) in [6.07, 6.45) is 1.62. The van der Waals surface area contributed by atoms with Gasteiger partial charge in [0, 0.05) is 31.7 Å². The molecule has 0 spiro atoms. The molecule has 0 aromatic heterocycles. The highest BCUT2D eigenvalue weighted by atomic mass is 19.1. The average molecular weight is 489 g/mol. The van der Waals surface area contributed by atoms with E-state index in [1.165, 1.54) is 12.1 Å². The van der Waals surface area contributed by atoms with Crippen molar-refractivity contribution in [3.8, 4) is 0 Å². The van der Waals surface area contributed by atoms with Crippen LogP contribution in [0.5, 0.6) is 0 Å². The minimum absolute atomic E-state index is 0.0245. The lowest BCUT2D eigenvalue weighted by atomic mass is 9.90. The summed E-state index contributed by atoms with van der Waals surface area (Å²) in [6.45, 7) is 5.99. The molecule has 1 aliphatic heterocycles. The maximum atomic E-state index is 13.5. The Hall–Kier alpha value is -3.02. The third-order valence-corrected chi connectivity index (χ3v) is 7.49. The van der Waals surface area contributed by atoms with Gasteiger partial charge in [0.2, 0.25) is 0 Å². The van der Waals surface area contributed by atoms with Gasteiger partial charge in [-0.2, -0.15) is 0 Å². The summed E-state index contributed by atoms with van der Waals surface area (Å²) < 4.78 is 13.3. The van der Waals surface area contributed by atoms with Crippen molar-refractivity contribution in [3.63, 3.8) is 0 Å². The molecule has 190 valence electrons. The van der Waals surface area contributed by atoms with Gasteiger partial charge in [0.1, 0.15) is 11.9 Å². The number of aliphatic hydroxyl groups excluding tert-OH is 1. The van der Waals surface area contributed by atoms with Gasteiger partial charge in [-0.15, -0.1) is 0 Å². The van der Waals surface area contributed by atoms with E-state index in [0.717, 1.165) is 36.0 Å². The zero-order valence-electron chi connectivity index (χ0n) is 21.3. The molecule has 4 nitrogen and oxygen atoms in total. The summed E-state index contributed by atoms with van der Waals surface area (Å²) in [5.41, 5.74) is 3.37. The summed E-state index contributed by atoms with van der Waals surface area (Å²) in [5, 5.41) is 11.3. The lowest BCUT2D eigenvalue weighted by Gasteiger charge is -2.40. The van der Waals surface area contributed by atoms with Gasteiger partial charge in [0.15, 0.2) is 0 Å².